The predicted molar refractivity (Wildman–Crippen MR) is 156 cm³/mol. The van der Waals surface area contributed by atoms with E-state index in [9.17, 15) is 24.5 Å². The fourth-order valence-corrected chi connectivity index (χ4v) is 7.07. The highest BCUT2D eigenvalue weighted by atomic mass is 16.6. The zero-order valence-electron chi connectivity index (χ0n) is 22.5. The third kappa shape index (κ3) is 3.38. The number of non-ortho nitro benzene ring substituents is 1. The molecule has 1 spiro atoms. The Morgan fingerprint density at radius 1 is 0.881 bits per heavy atom. The van der Waals surface area contributed by atoms with Gasteiger partial charge in [-0.1, -0.05) is 78.9 Å². The van der Waals surface area contributed by atoms with Crippen LogP contribution in [-0.4, -0.2) is 41.5 Å². The Bertz CT molecular complexity index is 1830. The van der Waals surface area contributed by atoms with E-state index in [1.807, 2.05) is 41.3 Å². The van der Waals surface area contributed by atoms with Gasteiger partial charge >= 0.3 is 0 Å². The molecule has 1 fully saturated rings. The van der Waals surface area contributed by atoms with Crippen molar-refractivity contribution in [2.24, 2.45) is 5.41 Å². The number of benzene rings is 4. The van der Waals surface area contributed by atoms with Crippen molar-refractivity contribution in [2.45, 2.75) is 18.0 Å². The summed E-state index contributed by atoms with van der Waals surface area (Å²) in [6.07, 6.45) is 3.74. The molecule has 0 radical (unpaired) electrons. The Hall–Kier alpha value is -5.37. The Kier molecular flexibility index (Phi) is 5.69. The van der Waals surface area contributed by atoms with E-state index in [1.54, 1.807) is 48.5 Å². The number of rotatable bonds is 5. The molecule has 3 atom stereocenters. The van der Waals surface area contributed by atoms with Gasteiger partial charge in [0, 0.05) is 40.4 Å². The monoisotopic (exact) mass is 556 g/mol. The first-order valence-electron chi connectivity index (χ1n) is 13.5. The van der Waals surface area contributed by atoms with Crippen molar-refractivity contribution in [1.29, 1.82) is 0 Å². The van der Waals surface area contributed by atoms with Crippen LogP contribution in [0.4, 0.5) is 11.4 Å². The lowest BCUT2D eigenvalue weighted by molar-refractivity contribution is -0.384. The minimum absolute atomic E-state index is 0.125. The van der Waals surface area contributed by atoms with Gasteiger partial charge in [0.05, 0.1) is 18.1 Å². The highest BCUT2D eigenvalue weighted by molar-refractivity contribution is 6.32. The number of nitrogens with zero attached hydrogens (tertiary/aromatic N) is 2. The lowest BCUT2D eigenvalue weighted by Crippen LogP contribution is -2.48. The molecule has 2 heterocycles. The number of methoxy groups -OCH3 is 1. The number of ketones is 3. The third-order valence-electron chi connectivity index (χ3n) is 8.78. The minimum atomic E-state index is -1.67. The number of hydrogen-bond donors (Lipinski definition) is 0. The summed E-state index contributed by atoms with van der Waals surface area (Å²) < 4.78 is 5.52. The third-order valence-corrected chi connectivity index (χ3v) is 8.78. The Balaban J connectivity index is 1.54. The number of carbonyl (C=O) groups is 3. The van der Waals surface area contributed by atoms with Crippen LogP contribution in [0.15, 0.2) is 103 Å². The molecule has 0 amide bonds. The molecule has 8 nitrogen and oxygen atoms in total. The summed E-state index contributed by atoms with van der Waals surface area (Å²) >= 11 is 0. The zero-order valence-corrected chi connectivity index (χ0v) is 22.5. The van der Waals surface area contributed by atoms with Crippen molar-refractivity contribution >= 4 is 34.8 Å². The maximum absolute atomic E-state index is 14.7. The lowest BCUT2D eigenvalue weighted by atomic mass is 9.64. The van der Waals surface area contributed by atoms with Gasteiger partial charge in [-0.05, 0) is 29.3 Å². The molecule has 0 saturated carbocycles. The molecule has 3 aliphatic rings. The Morgan fingerprint density at radius 3 is 2.29 bits per heavy atom. The molecule has 7 rings (SSSR count). The van der Waals surface area contributed by atoms with Gasteiger partial charge in [-0.2, -0.15) is 0 Å². The molecule has 1 aliphatic carbocycles. The maximum atomic E-state index is 14.7. The summed E-state index contributed by atoms with van der Waals surface area (Å²) in [7, 11) is 1.53. The molecule has 42 heavy (non-hydrogen) atoms. The quantitative estimate of drug-likeness (QED) is 0.130. The van der Waals surface area contributed by atoms with Crippen LogP contribution in [0.3, 0.4) is 0 Å². The fourth-order valence-electron chi connectivity index (χ4n) is 7.07. The molecule has 4 aromatic carbocycles. The fraction of sp³-hybridized carbons (Fsp3) is 0.147. The van der Waals surface area contributed by atoms with Crippen LogP contribution in [0.1, 0.15) is 48.1 Å². The van der Waals surface area contributed by atoms with E-state index >= 15 is 0 Å². The summed E-state index contributed by atoms with van der Waals surface area (Å²) in [6.45, 7) is 0. The lowest BCUT2D eigenvalue weighted by Gasteiger charge is -2.37. The Morgan fingerprint density at radius 2 is 1.57 bits per heavy atom. The molecule has 2 aliphatic heterocycles. The van der Waals surface area contributed by atoms with Crippen molar-refractivity contribution in [3.63, 3.8) is 0 Å². The molecule has 1 saturated heterocycles. The average molecular weight is 557 g/mol. The maximum Gasteiger partial charge on any atom is 0.270 e. The standard InChI is InChI=1S/C34H24N2O6/c1-42-24-12-7-9-21(19-24)29-30(31(37)22-10-6-11-23(18-22)36(40)41)35-27-15-5-2-8-20(27)16-17-28(35)34(29)32(38)25-13-3-4-14-26(25)33(34)39/h2-19,28-30H,1H3/t28?,29-,30+/m0/s1. The van der Waals surface area contributed by atoms with Crippen LogP contribution in [0.5, 0.6) is 5.75 Å². The van der Waals surface area contributed by atoms with Gasteiger partial charge in [-0.25, -0.2) is 0 Å². The highest BCUT2D eigenvalue weighted by Gasteiger charge is 2.71. The van der Waals surface area contributed by atoms with Gasteiger partial charge in [0.15, 0.2) is 17.3 Å². The second-order valence-electron chi connectivity index (χ2n) is 10.7. The van der Waals surface area contributed by atoms with Crippen LogP contribution >= 0.6 is 0 Å². The van der Waals surface area contributed by atoms with Crippen LogP contribution in [0, 0.1) is 15.5 Å². The number of ether oxygens (including phenoxy) is 1. The van der Waals surface area contributed by atoms with Crippen molar-refractivity contribution in [1.82, 2.24) is 0 Å². The molecule has 0 N–H and O–H groups in total. The summed E-state index contributed by atoms with van der Waals surface area (Å²) in [4.78, 5) is 57.0. The van der Waals surface area contributed by atoms with Crippen molar-refractivity contribution in [3.8, 4) is 5.75 Å². The molecule has 206 valence electrons. The van der Waals surface area contributed by atoms with E-state index in [0.717, 1.165) is 5.56 Å². The van der Waals surface area contributed by atoms with Gasteiger partial charge in [0.2, 0.25) is 0 Å². The first kappa shape index (κ1) is 25.6. The number of nitro groups is 1. The predicted octanol–water partition coefficient (Wildman–Crippen LogP) is 5.92. The molecule has 4 aromatic rings. The molecule has 1 unspecified atom stereocenters. The van der Waals surface area contributed by atoms with E-state index in [4.69, 9.17) is 4.74 Å². The first-order valence-corrected chi connectivity index (χ1v) is 13.5. The highest BCUT2D eigenvalue weighted by Crippen LogP contribution is 2.61. The second kappa shape index (κ2) is 9.34. The average Bonchev–Trinajstić information content (AvgIpc) is 3.47. The van der Waals surface area contributed by atoms with E-state index < -0.39 is 34.1 Å². The summed E-state index contributed by atoms with van der Waals surface area (Å²) in [5, 5.41) is 11.6. The smallest absolute Gasteiger partial charge is 0.270 e. The molecule has 8 heteroatoms. The zero-order chi connectivity index (χ0) is 29.2. The molecular weight excluding hydrogens is 532 g/mol. The van der Waals surface area contributed by atoms with Crippen LogP contribution < -0.4 is 9.64 Å². The number of anilines is 1. The van der Waals surface area contributed by atoms with Gasteiger partial charge in [0.1, 0.15) is 17.2 Å². The summed E-state index contributed by atoms with van der Waals surface area (Å²) in [5.41, 5.74) is 1.02. The van der Waals surface area contributed by atoms with Gasteiger partial charge < -0.3 is 9.64 Å². The van der Waals surface area contributed by atoms with Gasteiger partial charge in [0.25, 0.3) is 5.69 Å². The number of carbonyl (C=O) groups excluding carboxylic acids is 3. The van der Waals surface area contributed by atoms with Crippen molar-refractivity contribution < 1.29 is 24.0 Å². The minimum Gasteiger partial charge on any atom is -0.497 e. The largest absolute Gasteiger partial charge is 0.497 e. The summed E-state index contributed by atoms with van der Waals surface area (Å²) in [5.74, 6) is -1.53. The number of nitro benzene ring substituents is 1. The Labute approximate surface area is 241 Å². The molecular formula is C34H24N2O6. The molecule has 0 bridgehead atoms. The van der Waals surface area contributed by atoms with Crippen LogP contribution in [0.25, 0.3) is 6.08 Å². The van der Waals surface area contributed by atoms with E-state index in [1.165, 1.54) is 31.4 Å². The van der Waals surface area contributed by atoms with Gasteiger partial charge in [-0.3, -0.25) is 24.5 Å². The first-order chi connectivity index (χ1) is 20.4. The molecule has 0 aromatic heterocycles. The SMILES string of the molecule is COc1cccc([C@H]2[C@H](C(=O)c3cccc([N+](=O)[O-])c3)N3c4ccccc4C=CC3C23C(=O)c2ccccc2C3=O)c1. The number of para-hydroxylation sites is 1. The number of hydrogen-bond acceptors (Lipinski definition) is 7. The second-order valence-corrected chi connectivity index (χ2v) is 10.7. The van der Waals surface area contributed by atoms with Crippen molar-refractivity contribution in [2.75, 3.05) is 12.0 Å². The van der Waals surface area contributed by atoms with Crippen LogP contribution in [-0.2, 0) is 0 Å². The summed E-state index contributed by atoms with van der Waals surface area (Å²) in [6, 6.07) is 25.2. The van der Waals surface area contributed by atoms with Crippen molar-refractivity contribution in [3.05, 3.63) is 141 Å². The van der Waals surface area contributed by atoms with E-state index in [0.29, 0.717) is 28.1 Å². The van der Waals surface area contributed by atoms with E-state index in [2.05, 4.69) is 0 Å². The van der Waals surface area contributed by atoms with Gasteiger partial charge in [-0.15, -0.1) is 0 Å². The topological polar surface area (TPSA) is 107 Å². The number of fused-ring (bicyclic) bond motifs is 5. The number of Topliss-reactive ketones (excluding diaryl/α,β-unsaturated/α-hetero) is 3. The van der Waals surface area contributed by atoms with Crippen LogP contribution in [0.2, 0.25) is 0 Å². The van der Waals surface area contributed by atoms with E-state index in [-0.39, 0.29) is 22.8 Å². The normalized spacial score (nSPS) is 21.2.